The topological polar surface area (TPSA) is 94.0 Å². The van der Waals surface area contributed by atoms with E-state index in [1.807, 2.05) is 36.4 Å². The Morgan fingerprint density at radius 2 is 1.80 bits per heavy atom. The average molecular weight is 561 g/mol. The molecule has 3 aromatic carbocycles. The van der Waals surface area contributed by atoms with E-state index in [0.717, 1.165) is 46.6 Å². The minimum atomic E-state index is -0.981. The fourth-order valence-corrected chi connectivity index (χ4v) is 6.58. The van der Waals surface area contributed by atoms with Crippen LogP contribution in [0.5, 0.6) is 5.75 Å². The number of carbonyl (C=O) groups is 1. The number of aromatic carboxylic acids is 1. The summed E-state index contributed by atoms with van der Waals surface area (Å²) in [5.74, 6) is 0.896. The Bertz CT molecular complexity index is 2030. The van der Waals surface area contributed by atoms with Gasteiger partial charge in [0.05, 0.1) is 28.9 Å². The Hall–Kier alpha value is -4.95. The number of ether oxygens (including phenoxy) is 1. The number of allylic oxidation sites excluding steroid dienone is 1. The number of hydrogen-bond donors (Lipinski definition) is 1. The van der Waals surface area contributed by atoms with Gasteiger partial charge in [-0.2, -0.15) is 0 Å². The maximum absolute atomic E-state index is 14.0. The first-order chi connectivity index (χ1) is 20.0. The number of carboxylic acids is 1. The molecule has 1 N–H and O–H groups in total. The summed E-state index contributed by atoms with van der Waals surface area (Å²) in [6, 6.07) is 26.1. The minimum absolute atomic E-state index is 0.122. The Morgan fingerprint density at radius 3 is 2.56 bits per heavy atom. The van der Waals surface area contributed by atoms with Gasteiger partial charge in [-0.25, -0.2) is 9.79 Å². The van der Waals surface area contributed by atoms with E-state index in [4.69, 9.17) is 19.3 Å². The Kier molecular flexibility index (Phi) is 6.05. The predicted molar refractivity (Wildman–Crippen MR) is 157 cm³/mol. The normalized spacial score (nSPS) is 16.0. The van der Waals surface area contributed by atoms with Crippen LogP contribution in [0.1, 0.15) is 45.3 Å². The van der Waals surface area contributed by atoms with Crippen LogP contribution in [0, 0.1) is 0 Å². The van der Waals surface area contributed by atoms with Crippen LogP contribution in [0.15, 0.2) is 105 Å². The highest BCUT2D eigenvalue weighted by atomic mass is 32.1. The monoisotopic (exact) mass is 560 g/mol. The van der Waals surface area contributed by atoms with Crippen molar-refractivity contribution < 1.29 is 19.1 Å². The molecule has 0 fully saturated rings. The Balaban J connectivity index is 1.35. The van der Waals surface area contributed by atoms with Crippen molar-refractivity contribution in [3.05, 3.63) is 138 Å². The zero-order chi connectivity index (χ0) is 28.1. The first-order valence-corrected chi connectivity index (χ1v) is 14.0. The molecular weight excluding hydrogens is 536 g/mol. The highest BCUT2D eigenvalue weighted by Gasteiger charge is 2.32. The fourth-order valence-electron chi connectivity index (χ4n) is 5.60. The largest absolute Gasteiger partial charge is 0.497 e. The Labute approximate surface area is 238 Å². The number of thiazole rings is 1. The minimum Gasteiger partial charge on any atom is -0.497 e. The summed E-state index contributed by atoms with van der Waals surface area (Å²) in [5.41, 5.74) is 6.31. The lowest BCUT2D eigenvalue weighted by atomic mass is 9.83. The molecule has 1 aliphatic carbocycles. The standard InChI is InChI=1S/C33H24N2O5S/c1-39-23-13-10-21(11-14-23)30-26-16-12-19-4-2-3-5-25(19)29(26)34-33-35(30)31(36)28(41-33)18-24-15-17-27(40-24)20-6-8-22(9-7-20)32(37)38/h2-11,13-15,17-18,30H,12,16H2,1H3,(H,37,38). The Morgan fingerprint density at radius 1 is 1.02 bits per heavy atom. The van der Waals surface area contributed by atoms with E-state index in [-0.39, 0.29) is 17.2 Å². The molecule has 0 saturated heterocycles. The predicted octanol–water partition coefficient (Wildman–Crippen LogP) is 5.29. The first-order valence-electron chi connectivity index (χ1n) is 13.2. The molecule has 1 atom stereocenters. The number of furan rings is 1. The molecule has 41 heavy (non-hydrogen) atoms. The average Bonchev–Trinajstić information content (AvgIpc) is 3.60. The van der Waals surface area contributed by atoms with Crippen LogP contribution in [0.2, 0.25) is 0 Å². The molecule has 0 bridgehead atoms. The van der Waals surface area contributed by atoms with E-state index in [1.54, 1.807) is 36.0 Å². The lowest BCUT2D eigenvalue weighted by Crippen LogP contribution is -2.38. The van der Waals surface area contributed by atoms with Crippen molar-refractivity contribution >= 4 is 29.1 Å². The van der Waals surface area contributed by atoms with Crippen LogP contribution < -0.4 is 19.6 Å². The van der Waals surface area contributed by atoms with Gasteiger partial charge in [-0.05, 0) is 65.9 Å². The number of benzene rings is 3. The van der Waals surface area contributed by atoms with Crippen LogP contribution >= 0.6 is 11.3 Å². The van der Waals surface area contributed by atoms with Crippen molar-refractivity contribution in [2.24, 2.45) is 4.99 Å². The smallest absolute Gasteiger partial charge is 0.335 e. The van der Waals surface area contributed by atoms with E-state index < -0.39 is 5.97 Å². The summed E-state index contributed by atoms with van der Waals surface area (Å²) >= 11 is 1.35. The molecule has 0 amide bonds. The molecule has 3 heterocycles. The molecule has 0 saturated carbocycles. The maximum Gasteiger partial charge on any atom is 0.335 e. The summed E-state index contributed by atoms with van der Waals surface area (Å²) in [6.45, 7) is 0. The third kappa shape index (κ3) is 4.33. The molecule has 1 unspecified atom stereocenters. The number of nitrogens with zero attached hydrogens (tertiary/aromatic N) is 2. The van der Waals surface area contributed by atoms with Crippen LogP contribution in [0.4, 0.5) is 0 Å². The van der Waals surface area contributed by atoms with Gasteiger partial charge in [0.15, 0.2) is 4.80 Å². The molecule has 2 aliphatic rings. The molecule has 202 valence electrons. The van der Waals surface area contributed by atoms with Crippen LogP contribution in [0.3, 0.4) is 0 Å². The maximum atomic E-state index is 14.0. The van der Waals surface area contributed by atoms with Gasteiger partial charge in [-0.1, -0.05) is 59.9 Å². The van der Waals surface area contributed by atoms with Crippen molar-refractivity contribution in [3.63, 3.8) is 0 Å². The van der Waals surface area contributed by atoms with Crippen LogP contribution in [-0.2, 0) is 6.42 Å². The van der Waals surface area contributed by atoms with Crippen molar-refractivity contribution in [2.75, 3.05) is 7.11 Å². The molecule has 8 heteroatoms. The van der Waals surface area contributed by atoms with Gasteiger partial charge in [0.1, 0.15) is 17.3 Å². The third-order valence-electron chi connectivity index (χ3n) is 7.62. The first kappa shape index (κ1) is 25.0. The van der Waals surface area contributed by atoms with Crippen LogP contribution in [-0.4, -0.2) is 22.8 Å². The van der Waals surface area contributed by atoms with E-state index in [1.165, 1.54) is 29.0 Å². The second kappa shape index (κ2) is 9.91. The van der Waals surface area contributed by atoms with Gasteiger partial charge >= 0.3 is 5.97 Å². The van der Waals surface area contributed by atoms with Crippen molar-refractivity contribution in [2.45, 2.75) is 18.9 Å². The molecule has 1 aliphatic heterocycles. The number of hydrogen-bond acceptors (Lipinski definition) is 6. The molecule has 7 nitrogen and oxygen atoms in total. The van der Waals surface area contributed by atoms with E-state index in [0.29, 0.717) is 20.9 Å². The number of fused-ring (bicyclic) bond motifs is 3. The molecule has 0 radical (unpaired) electrons. The second-order valence-electron chi connectivity index (χ2n) is 9.97. The van der Waals surface area contributed by atoms with Crippen molar-refractivity contribution in [1.82, 2.24) is 4.57 Å². The van der Waals surface area contributed by atoms with Crippen molar-refractivity contribution in [3.8, 4) is 17.1 Å². The zero-order valence-corrected chi connectivity index (χ0v) is 22.9. The lowest BCUT2D eigenvalue weighted by Gasteiger charge is -2.30. The summed E-state index contributed by atoms with van der Waals surface area (Å²) in [5, 5.41) is 9.17. The van der Waals surface area contributed by atoms with Crippen molar-refractivity contribution in [1.29, 1.82) is 0 Å². The summed E-state index contributed by atoms with van der Waals surface area (Å²) < 4.78 is 13.8. The number of methoxy groups -OCH3 is 1. The van der Waals surface area contributed by atoms with Gasteiger partial charge in [0, 0.05) is 17.2 Å². The van der Waals surface area contributed by atoms with Gasteiger partial charge < -0.3 is 14.3 Å². The summed E-state index contributed by atoms with van der Waals surface area (Å²) in [6.07, 6.45) is 3.46. The highest BCUT2D eigenvalue weighted by Crippen LogP contribution is 2.41. The van der Waals surface area contributed by atoms with E-state index >= 15 is 0 Å². The van der Waals surface area contributed by atoms with Gasteiger partial charge in [0.25, 0.3) is 5.56 Å². The quantitative estimate of drug-likeness (QED) is 0.316. The molecular formula is C33H24N2O5S. The van der Waals surface area contributed by atoms with Gasteiger partial charge in [0.2, 0.25) is 0 Å². The molecule has 5 aromatic rings. The number of carboxylic acid groups (broad SMARTS) is 1. The molecule has 7 rings (SSSR count). The molecule has 2 aromatic heterocycles. The highest BCUT2D eigenvalue weighted by molar-refractivity contribution is 7.07. The number of aromatic nitrogens is 1. The van der Waals surface area contributed by atoms with Crippen LogP contribution in [0.25, 0.3) is 23.1 Å². The van der Waals surface area contributed by atoms with Gasteiger partial charge in [-0.15, -0.1) is 0 Å². The number of aryl methyl sites for hydroxylation is 1. The number of rotatable bonds is 5. The lowest BCUT2D eigenvalue weighted by molar-refractivity contribution is 0.0697. The van der Waals surface area contributed by atoms with Gasteiger partial charge in [-0.3, -0.25) is 9.36 Å². The van der Waals surface area contributed by atoms with E-state index in [2.05, 4.69) is 18.2 Å². The zero-order valence-electron chi connectivity index (χ0n) is 22.0. The summed E-state index contributed by atoms with van der Waals surface area (Å²) in [4.78, 5) is 30.8. The molecule has 0 spiro atoms. The SMILES string of the molecule is COc1ccc(C2C3=C(N=c4sc(=Cc5ccc(-c6ccc(C(=O)O)cc6)o5)c(=O)n42)c2ccccc2CC3)cc1. The second-order valence-corrected chi connectivity index (χ2v) is 11.0. The fraction of sp³-hybridized carbons (Fsp3) is 0.121. The van der Waals surface area contributed by atoms with E-state index in [9.17, 15) is 9.59 Å². The summed E-state index contributed by atoms with van der Waals surface area (Å²) in [7, 11) is 1.64. The third-order valence-corrected chi connectivity index (χ3v) is 8.60.